The third-order valence-corrected chi connectivity index (χ3v) is 3.36. The van der Waals surface area contributed by atoms with Crippen LogP contribution in [-0.2, 0) is 4.74 Å². The number of fused-ring (bicyclic) bond motifs is 1. The number of hydrogen-bond acceptors (Lipinski definition) is 3. The summed E-state index contributed by atoms with van der Waals surface area (Å²) in [4.78, 5) is 26.9. The number of aromatic nitrogens is 1. The third kappa shape index (κ3) is 2.69. The van der Waals surface area contributed by atoms with E-state index in [2.05, 4.69) is 15.0 Å². The molecule has 0 bridgehead atoms. The molecule has 1 aromatic heterocycles. The summed E-state index contributed by atoms with van der Waals surface area (Å²) < 4.78 is 4.67. The summed E-state index contributed by atoms with van der Waals surface area (Å²) >= 11 is 0. The van der Waals surface area contributed by atoms with E-state index in [1.54, 1.807) is 30.3 Å². The Bertz CT molecular complexity index is 852. The lowest BCUT2D eigenvalue weighted by Crippen LogP contribution is -2.12. The fourth-order valence-electron chi connectivity index (χ4n) is 2.24. The van der Waals surface area contributed by atoms with Crippen LogP contribution in [0.5, 0.6) is 0 Å². The van der Waals surface area contributed by atoms with Gasteiger partial charge in [-0.3, -0.25) is 4.79 Å². The number of carbonyl (C=O) groups excluding carboxylic acids is 2. The van der Waals surface area contributed by atoms with Crippen LogP contribution in [0.3, 0.4) is 0 Å². The van der Waals surface area contributed by atoms with Gasteiger partial charge in [0.15, 0.2) is 0 Å². The lowest BCUT2D eigenvalue weighted by atomic mass is 10.1. The molecule has 0 saturated carbocycles. The Morgan fingerprint density at radius 3 is 2.73 bits per heavy atom. The van der Waals surface area contributed by atoms with Gasteiger partial charge >= 0.3 is 5.97 Å². The van der Waals surface area contributed by atoms with Gasteiger partial charge in [-0.2, -0.15) is 0 Å². The van der Waals surface area contributed by atoms with Gasteiger partial charge in [-0.25, -0.2) is 4.79 Å². The van der Waals surface area contributed by atoms with E-state index in [1.807, 2.05) is 24.4 Å². The summed E-state index contributed by atoms with van der Waals surface area (Å²) in [6, 6.07) is 13.9. The summed E-state index contributed by atoms with van der Waals surface area (Å²) in [5.41, 5.74) is 2.46. The van der Waals surface area contributed by atoms with Crippen molar-refractivity contribution in [1.82, 2.24) is 4.98 Å². The number of methoxy groups -OCH3 is 1. The van der Waals surface area contributed by atoms with Crippen molar-refractivity contribution in [1.29, 1.82) is 0 Å². The number of amides is 1. The highest BCUT2D eigenvalue weighted by molar-refractivity contribution is 6.06. The Kier molecular flexibility index (Phi) is 3.62. The molecule has 110 valence electrons. The van der Waals surface area contributed by atoms with Gasteiger partial charge in [0.1, 0.15) is 0 Å². The normalized spacial score (nSPS) is 10.4. The lowest BCUT2D eigenvalue weighted by Gasteiger charge is -2.07. The van der Waals surface area contributed by atoms with Crippen molar-refractivity contribution in [2.45, 2.75) is 0 Å². The van der Waals surface area contributed by atoms with E-state index in [-0.39, 0.29) is 5.91 Å². The number of ether oxygens (including phenoxy) is 1. The summed E-state index contributed by atoms with van der Waals surface area (Å²) in [5, 5.41) is 3.75. The molecule has 0 atom stereocenters. The molecule has 2 aromatic carbocycles. The quantitative estimate of drug-likeness (QED) is 0.729. The first-order valence-electron chi connectivity index (χ1n) is 6.74. The molecule has 2 N–H and O–H groups in total. The molecule has 1 heterocycles. The van der Waals surface area contributed by atoms with Gasteiger partial charge in [0.2, 0.25) is 0 Å². The summed E-state index contributed by atoms with van der Waals surface area (Å²) in [7, 11) is 1.32. The molecule has 3 aromatic rings. The van der Waals surface area contributed by atoms with Crippen LogP contribution in [-0.4, -0.2) is 24.0 Å². The number of rotatable bonds is 3. The van der Waals surface area contributed by atoms with Crippen LogP contribution in [0.15, 0.2) is 54.7 Å². The van der Waals surface area contributed by atoms with Crippen LogP contribution < -0.4 is 5.32 Å². The number of hydrogen-bond donors (Lipinski definition) is 2. The topological polar surface area (TPSA) is 71.2 Å². The van der Waals surface area contributed by atoms with Gasteiger partial charge in [0.05, 0.1) is 12.7 Å². The van der Waals surface area contributed by atoms with Crippen molar-refractivity contribution < 1.29 is 14.3 Å². The minimum absolute atomic E-state index is 0.231. The van der Waals surface area contributed by atoms with Crippen LogP contribution in [0, 0.1) is 0 Å². The fraction of sp³-hybridized carbons (Fsp3) is 0.0588. The second kappa shape index (κ2) is 5.73. The molecule has 22 heavy (non-hydrogen) atoms. The molecule has 0 aliphatic carbocycles. The monoisotopic (exact) mass is 294 g/mol. The Labute approximate surface area is 126 Å². The van der Waals surface area contributed by atoms with E-state index < -0.39 is 5.97 Å². The largest absolute Gasteiger partial charge is 0.465 e. The number of carbonyl (C=O) groups is 2. The standard InChI is InChI=1S/C17H14N2O3/c1-22-17(21)13-3-2-4-14(10-13)19-16(20)12-5-6-15-11(9-12)7-8-18-15/h2-10,18H,1H3,(H,19,20). The first-order chi connectivity index (χ1) is 10.7. The van der Waals surface area contributed by atoms with Gasteiger partial charge in [0.25, 0.3) is 5.91 Å². The Morgan fingerprint density at radius 1 is 1.05 bits per heavy atom. The maximum atomic E-state index is 12.3. The number of nitrogens with one attached hydrogen (secondary N) is 2. The summed E-state index contributed by atoms with van der Waals surface area (Å²) in [5.74, 6) is -0.671. The molecule has 3 rings (SSSR count). The van der Waals surface area contributed by atoms with Crippen molar-refractivity contribution in [3.63, 3.8) is 0 Å². The molecule has 0 unspecified atom stereocenters. The van der Waals surface area contributed by atoms with Gasteiger partial charge in [-0.05, 0) is 42.5 Å². The van der Waals surface area contributed by atoms with Crippen LogP contribution in [0.2, 0.25) is 0 Å². The molecule has 0 fully saturated rings. The molecule has 5 heteroatoms. The third-order valence-electron chi connectivity index (χ3n) is 3.36. The fourth-order valence-corrected chi connectivity index (χ4v) is 2.24. The Balaban J connectivity index is 1.83. The van der Waals surface area contributed by atoms with E-state index >= 15 is 0 Å². The predicted molar refractivity (Wildman–Crippen MR) is 84.0 cm³/mol. The number of benzene rings is 2. The van der Waals surface area contributed by atoms with Crippen LogP contribution in [0.25, 0.3) is 10.9 Å². The molecule has 0 aliphatic rings. The molecular formula is C17H14N2O3. The first-order valence-corrected chi connectivity index (χ1v) is 6.74. The zero-order valence-corrected chi connectivity index (χ0v) is 11.9. The number of H-pyrrole nitrogens is 1. The average molecular weight is 294 g/mol. The van der Waals surface area contributed by atoms with E-state index in [0.29, 0.717) is 16.8 Å². The van der Waals surface area contributed by atoms with Crippen LogP contribution in [0.1, 0.15) is 20.7 Å². The second-order valence-electron chi connectivity index (χ2n) is 4.81. The van der Waals surface area contributed by atoms with Crippen molar-refractivity contribution in [3.8, 4) is 0 Å². The molecule has 0 saturated heterocycles. The van der Waals surface area contributed by atoms with Crippen molar-refractivity contribution in [2.24, 2.45) is 0 Å². The highest BCUT2D eigenvalue weighted by atomic mass is 16.5. The van der Waals surface area contributed by atoms with Crippen molar-refractivity contribution >= 4 is 28.5 Å². The van der Waals surface area contributed by atoms with Crippen LogP contribution in [0.4, 0.5) is 5.69 Å². The van der Waals surface area contributed by atoms with E-state index in [4.69, 9.17) is 0 Å². The Hall–Kier alpha value is -3.08. The molecular weight excluding hydrogens is 280 g/mol. The van der Waals surface area contributed by atoms with E-state index in [0.717, 1.165) is 10.9 Å². The van der Waals surface area contributed by atoms with E-state index in [9.17, 15) is 9.59 Å². The van der Waals surface area contributed by atoms with Crippen molar-refractivity contribution in [3.05, 3.63) is 65.9 Å². The van der Waals surface area contributed by atoms with Gasteiger partial charge in [-0.1, -0.05) is 6.07 Å². The zero-order valence-electron chi connectivity index (χ0n) is 11.9. The minimum Gasteiger partial charge on any atom is -0.465 e. The predicted octanol–water partition coefficient (Wildman–Crippen LogP) is 3.21. The molecule has 0 radical (unpaired) electrons. The molecule has 0 aliphatic heterocycles. The molecule has 5 nitrogen and oxygen atoms in total. The van der Waals surface area contributed by atoms with Crippen molar-refractivity contribution in [2.75, 3.05) is 12.4 Å². The molecule has 1 amide bonds. The minimum atomic E-state index is -0.440. The maximum absolute atomic E-state index is 12.3. The second-order valence-corrected chi connectivity index (χ2v) is 4.81. The lowest BCUT2D eigenvalue weighted by molar-refractivity contribution is 0.0600. The maximum Gasteiger partial charge on any atom is 0.337 e. The highest BCUT2D eigenvalue weighted by Gasteiger charge is 2.10. The van der Waals surface area contributed by atoms with Gasteiger partial charge in [0, 0.05) is 28.4 Å². The SMILES string of the molecule is COC(=O)c1cccc(NC(=O)c2ccc3[nH]ccc3c2)c1. The number of esters is 1. The van der Waals surface area contributed by atoms with E-state index in [1.165, 1.54) is 7.11 Å². The first kappa shape index (κ1) is 13.9. The Morgan fingerprint density at radius 2 is 1.91 bits per heavy atom. The number of anilines is 1. The zero-order chi connectivity index (χ0) is 15.5. The highest BCUT2D eigenvalue weighted by Crippen LogP contribution is 2.17. The summed E-state index contributed by atoms with van der Waals surface area (Å²) in [6.07, 6.45) is 1.83. The smallest absolute Gasteiger partial charge is 0.337 e. The van der Waals surface area contributed by atoms with Gasteiger partial charge < -0.3 is 15.0 Å². The number of aromatic amines is 1. The van der Waals surface area contributed by atoms with Crippen LogP contribution >= 0.6 is 0 Å². The van der Waals surface area contributed by atoms with Gasteiger partial charge in [-0.15, -0.1) is 0 Å². The summed E-state index contributed by atoms with van der Waals surface area (Å²) in [6.45, 7) is 0. The molecule has 0 spiro atoms. The average Bonchev–Trinajstić information content (AvgIpc) is 3.01.